The molecule has 0 radical (unpaired) electrons. The number of carbonyl (C=O) groups is 2. The van der Waals surface area contributed by atoms with Crippen LogP contribution in [0.5, 0.6) is 0 Å². The number of aliphatic carboxylic acids is 1. The largest absolute Gasteiger partial charge is 0.480 e. The van der Waals surface area contributed by atoms with Gasteiger partial charge in [0.2, 0.25) is 5.91 Å². The van der Waals surface area contributed by atoms with Crippen LogP contribution in [-0.4, -0.2) is 53.2 Å². The van der Waals surface area contributed by atoms with Crippen molar-refractivity contribution >= 4 is 11.9 Å². The average molecular weight is 308 g/mol. The molecule has 1 amide bonds. The molecule has 8 heteroatoms. The van der Waals surface area contributed by atoms with Gasteiger partial charge in [-0.2, -0.15) is 13.2 Å². The Morgan fingerprint density at radius 2 is 1.90 bits per heavy atom. The Hall–Kier alpha value is -1.31. The van der Waals surface area contributed by atoms with Crippen molar-refractivity contribution in [3.8, 4) is 0 Å². The summed E-state index contributed by atoms with van der Waals surface area (Å²) in [6.45, 7) is -1.67. The molecule has 0 aromatic rings. The van der Waals surface area contributed by atoms with Gasteiger partial charge in [-0.25, -0.2) is 0 Å². The van der Waals surface area contributed by atoms with Crippen LogP contribution >= 0.6 is 0 Å². The lowest BCUT2D eigenvalue weighted by atomic mass is 9.85. The molecule has 0 unspecified atom stereocenters. The van der Waals surface area contributed by atoms with E-state index in [2.05, 4.69) is 0 Å². The molecule has 0 aromatic heterocycles. The number of fused-ring (bicyclic) bond motifs is 1. The first-order chi connectivity index (χ1) is 9.78. The van der Waals surface area contributed by atoms with Crippen molar-refractivity contribution in [1.29, 1.82) is 0 Å². The Morgan fingerprint density at radius 1 is 1.24 bits per heavy atom. The van der Waals surface area contributed by atoms with E-state index in [1.807, 2.05) is 0 Å². The van der Waals surface area contributed by atoms with E-state index in [0.717, 1.165) is 25.7 Å². The predicted octanol–water partition coefficient (Wildman–Crippen LogP) is 1.38. The third-order valence-corrected chi connectivity index (χ3v) is 4.32. The van der Waals surface area contributed by atoms with Crippen LogP contribution < -0.4 is 5.32 Å². The summed E-state index contributed by atoms with van der Waals surface area (Å²) in [5, 5.41) is 11.1. The van der Waals surface area contributed by atoms with Gasteiger partial charge in [0, 0.05) is 6.04 Å². The molecule has 1 aliphatic heterocycles. The van der Waals surface area contributed by atoms with Crippen molar-refractivity contribution < 1.29 is 27.9 Å². The second-order valence-electron chi connectivity index (χ2n) is 5.77. The number of rotatable bonds is 4. The minimum atomic E-state index is -4.46. The molecule has 1 aliphatic carbocycles. The van der Waals surface area contributed by atoms with E-state index in [-0.39, 0.29) is 18.5 Å². The lowest BCUT2D eigenvalue weighted by Crippen LogP contribution is -2.48. The van der Waals surface area contributed by atoms with Crippen LogP contribution in [0, 0.1) is 5.92 Å². The summed E-state index contributed by atoms with van der Waals surface area (Å²) in [6.07, 6.45) is -0.237. The summed E-state index contributed by atoms with van der Waals surface area (Å²) >= 11 is 0. The van der Waals surface area contributed by atoms with Gasteiger partial charge in [0.25, 0.3) is 0 Å². The minimum absolute atomic E-state index is 0.00325. The fourth-order valence-electron chi connectivity index (χ4n) is 3.44. The average Bonchev–Trinajstić information content (AvgIpc) is 2.75. The molecule has 0 bridgehead atoms. The number of amides is 1. The molecular weight excluding hydrogens is 289 g/mol. The van der Waals surface area contributed by atoms with Crippen LogP contribution in [0.4, 0.5) is 13.2 Å². The zero-order chi connectivity index (χ0) is 15.6. The number of nitrogens with zero attached hydrogens (tertiary/aromatic N) is 1. The van der Waals surface area contributed by atoms with Gasteiger partial charge >= 0.3 is 12.1 Å². The van der Waals surface area contributed by atoms with Crippen LogP contribution in [0.1, 0.15) is 32.1 Å². The first-order valence-corrected chi connectivity index (χ1v) is 7.10. The number of hydrogen-bond donors (Lipinski definition) is 2. The Labute approximate surface area is 120 Å². The van der Waals surface area contributed by atoms with Gasteiger partial charge in [-0.3, -0.25) is 14.5 Å². The molecule has 2 N–H and O–H groups in total. The first kappa shape index (κ1) is 16.1. The standard InChI is InChI=1S/C13H19F3N2O3/c14-13(15,16)7-17-11(19)6-18-9-4-2-1-3-8(9)5-10(18)12(20)21/h8-10H,1-7H2,(H,17,19)(H,20,21)/t8-,9-,10-/m0/s1. The Balaban J connectivity index is 1.97. The van der Waals surface area contributed by atoms with E-state index < -0.39 is 30.6 Å². The molecule has 1 saturated heterocycles. The quantitative estimate of drug-likeness (QED) is 0.823. The van der Waals surface area contributed by atoms with Crippen molar-refractivity contribution in [3.63, 3.8) is 0 Å². The summed E-state index contributed by atoms with van der Waals surface area (Å²) < 4.78 is 36.2. The molecule has 5 nitrogen and oxygen atoms in total. The molecule has 0 spiro atoms. The lowest BCUT2D eigenvalue weighted by Gasteiger charge is -2.32. The number of halogens is 3. The fraction of sp³-hybridized carbons (Fsp3) is 0.846. The van der Waals surface area contributed by atoms with Gasteiger partial charge in [0.1, 0.15) is 12.6 Å². The highest BCUT2D eigenvalue weighted by Crippen LogP contribution is 2.39. The van der Waals surface area contributed by atoms with Crippen molar-refractivity contribution in [2.24, 2.45) is 5.92 Å². The maximum atomic E-state index is 12.1. The van der Waals surface area contributed by atoms with E-state index in [4.69, 9.17) is 0 Å². The van der Waals surface area contributed by atoms with Crippen LogP contribution in [0.2, 0.25) is 0 Å². The molecule has 3 atom stereocenters. The van der Waals surface area contributed by atoms with Crippen molar-refractivity contribution in [1.82, 2.24) is 10.2 Å². The van der Waals surface area contributed by atoms with Gasteiger partial charge in [-0.1, -0.05) is 12.8 Å². The molecule has 120 valence electrons. The number of hydrogen-bond acceptors (Lipinski definition) is 3. The zero-order valence-electron chi connectivity index (χ0n) is 11.5. The van der Waals surface area contributed by atoms with E-state index >= 15 is 0 Å². The number of carboxylic acids is 1. The third kappa shape index (κ3) is 4.09. The first-order valence-electron chi connectivity index (χ1n) is 7.10. The third-order valence-electron chi connectivity index (χ3n) is 4.32. The van der Waals surface area contributed by atoms with Crippen LogP contribution in [-0.2, 0) is 9.59 Å². The van der Waals surface area contributed by atoms with E-state index in [1.165, 1.54) is 0 Å². The smallest absolute Gasteiger partial charge is 0.405 e. The zero-order valence-corrected chi connectivity index (χ0v) is 11.5. The van der Waals surface area contributed by atoms with Crippen LogP contribution in [0.15, 0.2) is 0 Å². The second-order valence-corrected chi connectivity index (χ2v) is 5.77. The maximum Gasteiger partial charge on any atom is 0.405 e. The molecule has 0 aromatic carbocycles. The summed E-state index contributed by atoms with van der Waals surface area (Å²) in [5.41, 5.74) is 0. The molecule has 2 fully saturated rings. The molecular formula is C13H19F3N2O3. The summed E-state index contributed by atoms with van der Waals surface area (Å²) in [6, 6.07) is -0.772. The second kappa shape index (κ2) is 6.21. The Bertz CT molecular complexity index is 414. The molecule has 2 rings (SSSR count). The van der Waals surface area contributed by atoms with E-state index in [0.29, 0.717) is 6.42 Å². The highest BCUT2D eigenvalue weighted by molar-refractivity contribution is 5.80. The van der Waals surface area contributed by atoms with E-state index in [9.17, 15) is 27.9 Å². The van der Waals surface area contributed by atoms with Gasteiger partial charge in [-0.15, -0.1) is 0 Å². The van der Waals surface area contributed by atoms with Crippen molar-refractivity contribution in [2.45, 2.75) is 50.4 Å². The monoisotopic (exact) mass is 308 g/mol. The summed E-state index contributed by atoms with van der Waals surface area (Å²) in [7, 11) is 0. The normalized spacial score (nSPS) is 30.0. The van der Waals surface area contributed by atoms with Crippen LogP contribution in [0.3, 0.4) is 0 Å². The van der Waals surface area contributed by atoms with Gasteiger partial charge < -0.3 is 10.4 Å². The van der Waals surface area contributed by atoms with Crippen molar-refractivity contribution in [3.05, 3.63) is 0 Å². The highest BCUT2D eigenvalue weighted by atomic mass is 19.4. The van der Waals surface area contributed by atoms with Crippen molar-refractivity contribution in [2.75, 3.05) is 13.1 Å². The van der Waals surface area contributed by atoms with Gasteiger partial charge in [0.05, 0.1) is 6.54 Å². The fourth-order valence-corrected chi connectivity index (χ4v) is 3.44. The SMILES string of the molecule is O=C(CN1[C@H](C(=O)O)C[C@@H]2CCCC[C@@H]21)NCC(F)(F)F. The molecule has 2 aliphatic rings. The summed E-state index contributed by atoms with van der Waals surface area (Å²) in [5.74, 6) is -1.55. The maximum absolute atomic E-state index is 12.1. The number of carboxylic acid groups (broad SMARTS) is 1. The predicted molar refractivity (Wildman–Crippen MR) is 67.6 cm³/mol. The number of likely N-dealkylation sites (tertiary alicyclic amines) is 1. The molecule has 1 saturated carbocycles. The van der Waals surface area contributed by atoms with Crippen LogP contribution in [0.25, 0.3) is 0 Å². The number of nitrogens with one attached hydrogen (secondary N) is 1. The number of carbonyl (C=O) groups excluding carboxylic acids is 1. The number of alkyl halides is 3. The van der Waals surface area contributed by atoms with Gasteiger partial charge in [-0.05, 0) is 25.2 Å². The Kier molecular flexibility index (Phi) is 4.75. The lowest BCUT2D eigenvalue weighted by molar-refractivity contribution is -0.145. The highest BCUT2D eigenvalue weighted by Gasteiger charge is 2.45. The van der Waals surface area contributed by atoms with Gasteiger partial charge in [0.15, 0.2) is 0 Å². The Morgan fingerprint density at radius 3 is 2.52 bits per heavy atom. The molecule has 21 heavy (non-hydrogen) atoms. The summed E-state index contributed by atoms with van der Waals surface area (Å²) in [4.78, 5) is 24.5. The topological polar surface area (TPSA) is 69.6 Å². The molecule has 1 heterocycles. The minimum Gasteiger partial charge on any atom is -0.480 e. The van der Waals surface area contributed by atoms with E-state index in [1.54, 1.807) is 10.2 Å².